The predicted octanol–water partition coefficient (Wildman–Crippen LogP) is 3.84. The van der Waals surface area contributed by atoms with Crippen molar-refractivity contribution in [1.82, 2.24) is 0 Å². The fourth-order valence-electron chi connectivity index (χ4n) is 1.31. The van der Waals surface area contributed by atoms with E-state index in [1.165, 1.54) is 0 Å². The first-order valence-corrected chi connectivity index (χ1v) is 6.06. The van der Waals surface area contributed by atoms with E-state index in [0.717, 1.165) is 5.56 Å². The molecule has 0 aromatic heterocycles. The average Bonchev–Trinajstić information content (AvgIpc) is 2.25. The number of halogens is 3. The summed E-state index contributed by atoms with van der Waals surface area (Å²) in [4.78, 5) is 11.4. The lowest BCUT2D eigenvalue weighted by Crippen LogP contribution is -2.09. The van der Waals surface area contributed by atoms with Crippen LogP contribution in [0, 0.1) is 0 Å². The topological polar surface area (TPSA) is 26.3 Å². The van der Waals surface area contributed by atoms with E-state index in [1.807, 2.05) is 0 Å². The summed E-state index contributed by atoms with van der Waals surface area (Å²) in [6.45, 7) is 2.09. The largest absolute Gasteiger partial charge is 0.466 e. The van der Waals surface area contributed by atoms with Crippen molar-refractivity contribution in [2.24, 2.45) is 0 Å². The summed E-state index contributed by atoms with van der Waals surface area (Å²) in [6.07, 6.45) is 0.0925. The van der Waals surface area contributed by atoms with Crippen molar-refractivity contribution in [2.45, 2.75) is 19.2 Å². The number of ether oxygens (including phenoxy) is 1. The van der Waals surface area contributed by atoms with Gasteiger partial charge in [-0.2, -0.15) is 0 Å². The van der Waals surface area contributed by atoms with Crippen LogP contribution in [0.4, 0.5) is 0 Å². The van der Waals surface area contributed by atoms with Crippen LogP contribution in [0.5, 0.6) is 0 Å². The first-order valence-electron chi connectivity index (χ1n) is 4.77. The summed E-state index contributed by atoms with van der Waals surface area (Å²) in [5, 5.41) is 0.780. The summed E-state index contributed by atoms with van der Waals surface area (Å²) in [7, 11) is 0. The Hall–Kier alpha value is -0.440. The lowest BCUT2D eigenvalue weighted by Gasteiger charge is -2.10. The highest BCUT2D eigenvalue weighted by Gasteiger charge is 2.14. The Kier molecular flexibility index (Phi) is 5.39. The van der Waals surface area contributed by atoms with Crippen LogP contribution in [-0.4, -0.2) is 12.6 Å². The van der Waals surface area contributed by atoms with Gasteiger partial charge in [0.15, 0.2) is 0 Å². The molecule has 0 saturated carbocycles. The third-order valence-corrected chi connectivity index (χ3v) is 3.19. The zero-order valence-electron chi connectivity index (χ0n) is 8.73. The van der Waals surface area contributed by atoms with Crippen molar-refractivity contribution >= 4 is 40.8 Å². The highest BCUT2D eigenvalue weighted by molar-refractivity contribution is 6.42. The molecule has 0 aliphatic carbocycles. The van der Waals surface area contributed by atoms with Gasteiger partial charge in [0, 0.05) is 5.88 Å². The van der Waals surface area contributed by atoms with Crippen molar-refractivity contribution in [3.05, 3.63) is 33.3 Å². The zero-order chi connectivity index (χ0) is 12.1. The smallest absolute Gasteiger partial charge is 0.310 e. The molecule has 1 rings (SSSR count). The fourth-order valence-corrected chi connectivity index (χ4v) is 1.98. The molecule has 0 aliphatic rings. The van der Waals surface area contributed by atoms with Crippen LogP contribution < -0.4 is 0 Å². The maximum absolute atomic E-state index is 11.4. The maximum Gasteiger partial charge on any atom is 0.310 e. The van der Waals surface area contributed by atoms with Gasteiger partial charge in [0.1, 0.15) is 0 Å². The molecule has 0 fully saturated rings. The molecule has 0 heterocycles. The van der Waals surface area contributed by atoms with Gasteiger partial charge in [0.2, 0.25) is 0 Å². The lowest BCUT2D eigenvalue weighted by atomic mass is 10.1. The third-order valence-electron chi connectivity index (χ3n) is 2.06. The molecule has 0 radical (unpaired) electrons. The van der Waals surface area contributed by atoms with E-state index >= 15 is 0 Å². The van der Waals surface area contributed by atoms with E-state index in [0.29, 0.717) is 22.2 Å². The fraction of sp³-hybridized carbons (Fsp3) is 0.364. The molecule has 88 valence electrons. The van der Waals surface area contributed by atoms with Crippen molar-refractivity contribution in [1.29, 1.82) is 0 Å². The van der Waals surface area contributed by atoms with Gasteiger partial charge in [-0.05, 0) is 24.1 Å². The summed E-state index contributed by atoms with van der Waals surface area (Å²) in [5.74, 6) is -0.0518. The van der Waals surface area contributed by atoms with Crippen LogP contribution in [-0.2, 0) is 21.8 Å². The molecule has 0 amide bonds. The van der Waals surface area contributed by atoms with Gasteiger partial charge < -0.3 is 4.74 Å². The Morgan fingerprint density at radius 3 is 2.62 bits per heavy atom. The van der Waals surface area contributed by atoms with Crippen LogP contribution in [0.2, 0.25) is 10.0 Å². The minimum atomic E-state index is -0.335. The molecule has 16 heavy (non-hydrogen) atoms. The van der Waals surface area contributed by atoms with Crippen molar-refractivity contribution in [2.75, 3.05) is 6.61 Å². The van der Waals surface area contributed by atoms with E-state index in [9.17, 15) is 4.79 Å². The normalized spacial score (nSPS) is 10.2. The molecule has 0 aliphatic heterocycles. The van der Waals surface area contributed by atoms with Crippen LogP contribution in [0.15, 0.2) is 12.1 Å². The van der Waals surface area contributed by atoms with Gasteiger partial charge in [-0.25, -0.2) is 0 Å². The molecule has 0 bridgehead atoms. The molecule has 5 heteroatoms. The van der Waals surface area contributed by atoms with Gasteiger partial charge in [0.05, 0.1) is 23.1 Å². The Bertz CT molecular complexity index is 391. The predicted molar refractivity (Wildman–Crippen MR) is 66.4 cm³/mol. The van der Waals surface area contributed by atoms with Gasteiger partial charge in [-0.15, -0.1) is 11.6 Å². The second-order valence-electron chi connectivity index (χ2n) is 3.11. The average molecular weight is 282 g/mol. The number of hydrogen-bond acceptors (Lipinski definition) is 2. The molecule has 1 aromatic carbocycles. The Morgan fingerprint density at radius 1 is 1.38 bits per heavy atom. The number of carbonyl (C=O) groups excluding carboxylic acids is 1. The first-order chi connectivity index (χ1) is 7.60. The summed E-state index contributed by atoms with van der Waals surface area (Å²) < 4.78 is 4.86. The van der Waals surface area contributed by atoms with E-state index in [-0.39, 0.29) is 18.3 Å². The van der Waals surface area contributed by atoms with E-state index in [1.54, 1.807) is 19.1 Å². The number of benzene rings is 1. The molecule has 0 unspecified atom stereocenters. The van der Waals surface area contributed by atoms with Crippen LogP contribution in [0.3, 0.4) is 0 Å². The van der Waals surface area contributed by atoms with Crippen molar-refractivity contribution in [3.63, 3.8) is 0 Å². The second-order valence-corrected chi connectivity index (χ2v) is 4.17. The van der Waals surface area contributed by atoms with Crippen LogP contribution in [0.1, 0.15) is 18.1 Å². The molecular weight excluding hydrogens is 270 g/mol. The third kappa shape index (κ3) is 3.27. The van der Waals surface area contributed by atoms with Gasteiger partial charge >= 0.3 is 5.97 Å². The second kappa shape index (κ2) is 6.33. The Morgan fingerprint density at radius 2 is 2.06 bits per heavy atom. The quantitative estimate of drug-likeness (QED) is 0.619. The molecule has 2 nitrogen and oxygen atoms in total. The molecule has 0 atom stereocenters. The highest BCUT2D eigenvalue weighted by Crippen LogP contribution is 2.30. The summed E-state index contributed by atoms with van der Waals surface area (Å²) in [5.41, 5.74) is 1.44. The summed E-state index contributed by atoms with van der Waals surface area (Å²) >= 11 is 17.7. The Labute approximate surface area is 109 Å². The van der Waals surface area contributed by atoms with E-state index in [2.05, 4.69) is 0 Å². The maximum atomic E-state index is 11.4. The molecule has 0 spiro atoms. The number of carbonyl (C=O) groups is 1. The van der Waals surface area contributed by atoms with Crippen molar-refractivity contribution < 1.29 is 9.53 Å². The van der Waals surface area contributed by atoms with Crippen LogP contribution >= 0.6 is 34.8 Å². The number of rotatable bonds is 4. The standard InChI is InChI=1S/C11H11Cl3O2/c1-2-16-10(15)5-8-7(6-12)3-4-9(13)11(8)14/h3-4H,2,5-6H2,1H3. The minimum absolute atomic E-state index is 0.0925. The summed E-state index contributed by atoms with van der Waals surface area (Å²) in [6, 6.07) is 3.42. The molecule has 1 aromatic rings. The van der Waals surface area contributed by atoms with Crippen molar-refractivity contribution in [3.8, 4) is 0 Å². The number of esters is 1. The van der Waals surface area contributed by atoms with E-state index < -0.39 is 0 Å². The van der Waals surface area contributed by atoms with Gasteiger partial charge in [-0.3, -0.25) is 4.79 Å². The zero-order valence-corrected chi connectivity index (χ0v) is 11.0. The monoisotopic (exact) mass is 280 g/mol. The lowest BCUT2D eigenvalue weighted by molar-refractivity contribution is -0.142. The number of hydrogen-bond donors (Lipinski definition) is 0. The first kappa shape index (κ1) is 13.6. The van der Waals surface area contributed by atoms with Gasteiger partial charge in [-0.1, -0.05) is 29.3 Å². The SMILES string of the molecule is CCOC(=O)Cc1c(CCl)ccc(Cl)c1Cl. The van der Waals surface area contributed by atoms with Gasteiger partial charge in [0.25, 0.3) is 0 Å². The minimum Gasteiger partial charge on any atom is -0.466 e. The molecule has 0 N–H and O–H groups in total. The highest BCUT2D eigenvalue weighted by atomic mass is 35.5. The van der Waals surface area contributed by atoms with Crippen LogP contribution in [0.25, 0.3) is 0 Å². The van der Waals surface area contributed by atoms with E-state index in [4.69, 9.17) is 39.5 Å². The Balaban J connectivity index is 3.00. The molecule has 0 saturated heterocycles. The molecular formula is C11H11Cl3O2. The number of alkyl halides is 1.